The number of benzene rings is 2. The first kappa shape index (κ1) is 27.0. The lowest BCUT2D eigenvalue weighted by molar-refractivity contribution is -0.117. The van der Waals surface area contributed by atoms with Crippen molar-refractivity contribution in [3.05, 3.63) is 64.4 Å². The van der Waals surface area contributed by atoms with E-state index in [0.29, 0.717) is 36.4 Å². The largest absolute Gasteiger partial charge is 0.487 e. The fraction of sp³-hybridized carbons (Fsp3) is 0.393. The van der Waals surface area contributed by atoms with E-state index in [2.05, 4.69) is 15.6 Å². The summed E-state index contributed by atoms with van der Waals surface area (Å²) in [7, 11) is 0. The van der Waals surface area contributed by atoms with Crippen molar-refractivity contribution < 1.29 is 33.3 Å². The van der Waals surface area contributed by atoms with Gasteiger partial charge in [-0.25, -0.2) is 14.2 Å². The molecule has 0 bridgehead atoms. The van der Waals surface area contributed by atoms with Crippen LogP contribution < -0.4 is 20.1 Å². The van der Waals surface area contributed by atoms with Crippen molar-refractivity contribution in [3.63, 3.8) is 0 Å². The summed E-state index contributed by atoms with van der Waals surface area (Å²) in [6.07, 6.45) is 5.48. The van der Waals surface area contributed by atoms with E-state index in [4.69, 9.17) is 14.2 Å². The van der Waals surface area contributed by atoms with Gasteiger partial charge in [0.1, 0.15) is 18.2 Å². The number of thiazole rings is 1. The number of aromatic nitrogens is 1. The molecule has 11 heteroatoms. The SMILES string of the molecule is C[C@]1(CC(=O)Nc2nccs2)NCCc2cc(OCC3CCCCO3)c(Oc3ccc(C(=O)O)c(F)c3)cc21. The summed E-state index contributed by atoms with van der Waals surface area (Å²) in [5.74, 6) is -1.51. The van der Waals surface area contributed by atoms with Gasteiger partial charge in [0, 0.05) is 42.8 Å². The zero-order chi connectivity index (χ0) is 27.4. The van der Waals surface area contributed by atoms with Gasteiger partial charge in [0.15, 0.2) is 16.6 Å². The highest BCUT2D eigenvalue weighted by Gasteiger charge is 2.35. The number of carboxylic acids is 1. The number of carbonyl (C=O) groups is 2. The van der Waals surface area contributed by atoms with Crippen LogP contribution >= 0.6 is 11.3 Å². The second-order valence-corrected chi connectivity index (χ2v) is 10.8. The number of amides is 1. The van der Waals surface area contributed by atoms with Gasteiger partial charge in [-0.2, -0.15) is 0 Å². The van der Waals surface area contributed by atoms with E-state index in [1.165, 1.54) is 17.4 Å². The van der Waals surface area contributed by atoms with Crippen LogP contribution in [-0.4, -0.2) is 47.8 Å². The number of carboxylic acid groups (broad SMARTS) is 1. The molecular weight excluding hydrogens is 525 g/mol. The maximum absolute atomic E-state index is 14.4. The van der Waals surface area contributed by atoms with Crippen molar-refractivity contribution in [2.24, 2.45) is 0 Å². The second-order valence-electron chi connectivity index (χ2n) is 9.88. The van der Waals surface area contributed by atoms with Gasteiger partial charge in [-0.3, -0.25) is 4.79 Å². The number of hydrogen-bond donors (Lipinski definition) is 3. The lowest BCUT2D eigenvalue weighted by Crippen LogP contribution is -2.47. The van der Waals surface area contributed by atoms with Crippen LogP contribution in [0.5, 0.6) is 17.2 Å². The third-order valence-electron chi connectivity index (χ3n) is 6.96. The summed E-state index contributed by atoms with van der Waals surface area (Å²) in [4.78, 5) is 28.3. The van der Waals surface area contributed by atoms with E-state index in [0.717, 1.165) is 48.9 Å². The Balaban J connectivity index is 1.45. The number of carbonyl (C=O) groups excluding carboxylic acids is 1. The van der Waals surface area contributed by atoms with Crippen LogP contribution in [0.4, 0.5) is 9.52 Å². The maximum atomic E-state index is 14.4. The van der Waals surface area contributed by atoms with E-state index < -0.39 is 22.9 Å². The zero-order valence-corrected chi connectivity index (χ0v) is 22.3. The highest BCUT2D eigenvalue weighted by atomic mass is 32.1. The number of halogens is 1. The van der Waals surface area contributed by atoms with Gasteiger partial charge in [-0.1, -0.05) is 0 Å². The first-order chi connectivity index (χ1) is 18.8. The van der Waals surface area contributed by atoms with Gasteiger partial charge in [-0.15, -0.1) is 11.3 Å². The molecule has 2 aliphatic rings. The van der Waals surface area contributed by atoms with E-state index in [1.807, 2.05) is 19.1 Å². The van der Waals surface area contributed by atoms with E-state index in [-0.39, 0.29) is 24.2 Å². The molecule has 3 aromatic rings. The van der Waals surface area contributed by atoms with Crippen molar-refractivity contribution in [2.45, 2.75) is 50.7 Å². The highest BCUT2D eigenvalue weighted by molar-refractivity contribution is 7.13. The Kier molecular flexibility index (Phi) is 8.10. The van der Waals surface area contributed by atoms with Gasteiger partial charge in [-0.05, 0) is 68.0 Å². The molecule has 3 N–H and O–H groups in total. The van der Waals surface area contributed by atoms with Crippen molar-refractivity contribution in [2.75, 3.05) is 25.1 Å². The summed E-state index contributed by atoms with van der Waals surface area (Å²) in [5.41, 5.74) is 0.720. The van der Waals surface area contributed by atoms with Gasteiger partial charge in [0.05, 0.1) is 11.7 Å². The molecule has 0 radical (unpaired) electrons. The number of rotatable bonds is 9. The summed E-state index contributed by atoms with van der Waals surface area (Å²) >= 11 is 1.35. The van der Waals surface area contributed by atoms with Crippen LogP contribution in [0.15, 0.2) is 41.9 Å². The normalized spacial score (nSPS) is 20.6. The average Bonchev–Trinajstić information content (AvgIpc) is 3.41. The average molecular weight is 556 g/mol. The number of aromatic carboxylic acids is 1. The zero-order valence-electron chi connectivity index (χ0n) is 21.5. The molecule has 2 atom stereocenters. The Hall–Kier alpha value is -3.54. The van der Waals surface area contributed by atoms with Crippen LogP contribution in [0.25, 0.3) is 0 Å². The predicted octanol–water partition coefficient (Wildman–Crippen LogP) is 5.11. The molecule has 1 aromatic heterocycles. The third kappa shape index (κ3) is 6.38. The first-order valence-corrected chi connectivity index (χ1v) is 13.8. The molecule has 0 aliphatic carbocycles. The lowest BCUT2D eigenvalue weighted by Gasteiger charge is -2.37. The fourth-order valence-electron chi connectivity index (χ4n) is 4.99. The number of nitrogens with zero attached hydrogens (tertiary/aromatic N) is 1. The lowest BCUT2D eigenvalue weighted by atomic mass is 9.81. The molecule has 9 nitrogen and oxygen atoms in total. The summed E-state index contributed by atoms with van der Waals surface area (Å²) in [5, 5.41) is 17.8. The molecule has 0 spiro atoms. The first-order valence-electron chi connectivity index (χ1n) is 12.9. The molecule has 39 heavy (non-hydrogen) atoms. The van der Waals surface area contributed by atoms with E-state index in [9.17, 15) is 19.1 Å². The van der Waals surface area contributed by atoms with Gasteiger partial charge in [0.25, 0.3) is 0 Å². The summed E-state index contributed by atoms with van der Waals surface area (Å²) < 4.78 is 32.5. The number of anilines is 1. The molecule has 3 heterocycles. The quantitative estimate of drug-likeness (QED) is 0.333. The van der Waals surface area contributed by atoms with Gasteiger partial charge >= 0.3 is 5.97 Å². The Morgan fingerprint density at radius 2 is 2.15 bits per heavy atom. The van der Waals surface area contributed by atoms with Crippen molar-refractivity contribution in [1.29, 1.82) is 0 Å². The number of hydrogen-bond acceptors (Lipinski definition) is 8. The Morgan fingerprint density at radius 1 is 1.28 bits per heavy atom. The molecule has 1 fully saturated rings. The van der Waals surface area contributed by atoms with Crippen molar-refractivity contribution in [3.8, 4) is 17.2 Å². The Morgan fingerprint density at radius 3 is 2.87 bits per heavy atom. The van der Waals surface area contributed by atoms with Crippen LogP contribution in [-0.2, 0) is 21.5 Å². The Bertz CT molecular complexity index is 1350. The third-order valence-corrected chi connectivity index (χ3v) is 7.65. The number of nitrogens with one attached hydrogen (secondary N) is 2. The predicted molar refractivity (Wildman–Crippen MR) is 143 cm³/mol. The molecule has 5 rings (SSSR count). The van der Waals surface area contributed by atoms with E-state index in [1.54, 1.807) is 11.6 Å². The van der Waals surface area contributed by atoms with Crippen LogP contribution in [0.2, 0.25) is 0 Å². The number of fused-ring (bicyclic) bond motifs is 1. The van der Waals surface area contributed by atoms with Gasteiger partial charge < -0.3 is 30.0 Å². The standard InChI is InChI=1S/C28H30FN3O6S/c1-28(15-25(33)32-27-30-9-11-39-27)21-14-24(38-18-5-6-20(26(34)35)22(29)13-18)23(12-17(21)7-8-31-28)37-16-19-4-2-3-10-36-19/h5-6,9,11-14,19,31H,2-4,7-8,10,15-16H2,1H3,(H,34,35)(H,30,32,33)/t19?,28-/m1/s1. The molecule has 1 unspecified atom stereocenters. The molecular formula is C28H30FN3O6S. The van der Waals surface area contributed by atoms with Crippen LogP contribution in [0.1, 0.15) is 54.1 Å². The highest BCUT2D eigenvalue weighted by Crippen LogP contribution is 2.41. The van der Waals surface area contributed by atoms with Crippen molar-refractivity contribution in [1.82, 2.24) is 10.3 Å². The van der Waals surface area contributed by atoms with Crippen LogP contribution in [0.3, 0.4) is 0 Å². The number of ether oxygens (including phenoxy) is 3. The second kappa shape index (κ2) is 11.7. The molecule has 2 aromatic carbocycles. The minimum Gasteiger partial charge on any atom is -0.487 e. The van der Waals surface area contributed by atoms with Crippen molar-refractivity contribution >= 4 is 28.3 Å². The monoisotopic (exact) mass is 555 g/mol. The summed E-state index contributed by atoms with van der Waals surface area (Å²) in [6.45, 7) is 3.66. The topological polar surface area (TPSA) is 119 Å². The Labute approximate surface area is 229 Å². The molecule has 1 amide bonds. The molecule has 206 valence electrons. The minimum atomic E-state index is -1.36. The van der Waals surface area contributed by atoms with Crippen LogP contribution in [0, 0.1) is 5.82 Å². The fourth-order valence-corrected chi connectivity index (χ4v) is 5.54. The smallest absolute Gasteiger partial charge is 0.338 e. The summed E-state index contributed by atoms with van der Waals surface area (Å²) in [6, 6.07) is 7.33. The molecule has 1 saturated heterocycles. The minimum absolute atomic E-state index is 0.0311. The molecule has 2 aliphatic heterocycles. The maximum Gasteiger partial charge on any atom is 0.338 e. The van der Waals surface area contributed by atoms with E-state index >= 15 is 0 Å². The van der Waals surface area contributed by atoms with Gasteiger partial charge in [0.2, 0.25) is 5.91 Å². The molecule has 0 saturated carbocycles.